The van der Waals surface area contributed by atoms with E-state index in [-0.39, 0.29) is 17.9 Å². The van der Waals surface area contributed by atoms with Crippen LogP contribution in [-0.2, 0) is 46.0 Å². The number of fused-ring (bicyclic) bond motifs is 6. The van der Waals surface area contributed by atoms with Gasteiger partial charge in [-0.1, -0.05) is 55.8 Å². The Kier molecular flexibility index (Phi) is 8.77. The first-order valence-corrected chi connectivity index (χ1v) is 20.3. The summed E-state index contributed by atoms with van der Waals surface area (Å²) in [5, 5.41) is 14.4. The normalized spacial score (nSPS) is 34.9. The van der Waals surface area contributed by atoms with Gasteiger partial charge in [0, 0.05) is 90.9 Å². The van der Waals surface area contributed by atoms with Crippen LogP contribution < -0.4 is 9.64 Å². The van der Waals surface area contributed by atoms with E-state index < -0.39 is 45.9 Å². The molecule has 4 unspecified atom stereocenters. The minimum absolute atomic E-state index is 0.0284. The smallest absolute Gasteiger partial charge is 0.344 e. The summed E-state index contributed by atoms with van der Waals surface area (Å²) in [6.07, 6.45) is 7.67. The van der Waals surface area contributed by atoms with E-state index >= 15 is 4.79 Å². The van der Waals surface area contributed by atoms with Crippen LogP contribution in [0.3, 0.4) is 0 Å². The number of benzene rings is 2. The number of H-pyrrole nitrogens is 1. The molecule has 3 aromatic rings. The third kappa shape index (κ3) is 4.80. The largest absolute Gasteiger partial charge is 0.496 e. The highest BCUT2D eigenvalue weighted by atomic mass is 16.6. The maximum Gasteiger partial charge on any atom is 0.344 e. The lowest BCUT2D eigenvalue weighted by molar-refractivity contribution is -0.228. The van der Waals surface area contributed by atoms with Crippen molar-refractivity contribution in [1.29, 1.82) is 0 Å². The van der Waals surface area contributed by atoms with Crippen molar-refractivity contribution in [3.63, 3.8) is 0 Å². The fourth-order valence-electron chi connectivity index (χ4n) is 12.8. The Labute approximate surface area is 333 Å². The zero-order valence-corrected chi connectivity index (χ0v) is 34.0. The Balaban J connectivity index is 1.37. The van der Waals surface area contributed by atoms with Crippen LogP contribution in [-0.4, -0.2) is 116 Å². The van der Waals surface area contributed by atoms with Crippen molar-refractivity contribution in [1.82, 2.24) is 14.8 Å². The van der Waals surface area contributed by atoms with Crippen molar-refractivity contribution in [2.24, 2.45) is 11.3 Å². The number of rotatable bonds is 7. The van der Waals surface area contributed by atoms with Gasteiger partial charge in [-0.05, 0) is 61.4 Å². The van der Waals surface area contributed by atoms with E-state index in [1.807, 2.05) is 37.1 Å². The number of ether oxygens (including phenoxy) is 4. The van der Waals surface area contributed by atoms with Crippen molar-refractivity contribution in [3.05, 3.63) is 82.6 Å². The fourth-order valence-corrected chi connectivity index (χ4v) is 12.8. The maximum atomic E-state index is 15.2. The van der Waals surface area contributed by atoms with Crippen LogP contribution >= 0.6 is 0 Å². The summed E-state index contributed by atoms with van der Waals surface area (Å²) in [5.74, 6) is -1.31. The molecule has 1 saturated carbocycles. The number of likely N-dealkylation sites (N-methyl/N-ethyl adjacent to an activating group) is 1. The van der Waals surface area contributed by atoms with E-state index in [1.54, 1.807) is 7.11 Å². The Morgan fingerprint density at radius 1 is 1.00 bits per heavy atom. The molecule has 2 aromatic carbocycles. The minimum atomic E-state index is -2.27. The lowest BCUT2D eigenvalue weighted by Crippen LogP contribution is -2.81. The highest BCUT2D eigenvalue weighted by Gasteiger charge is 2.80. The van der Waals surface area contributed by atoms with E-state index in [0.29, 0.717) is 50.2 Å². The highest BCUT2D eigenvalue weighted by molar-refractivity contribution is 5.95. The molecular formula is C45H54N4O8. The Bertz CT molecular complexity index is 2250. The fraction of sp³-hybridized carbons (Fsp3) is 0.533. The number of aromatic amines is 1. The molecule has 9 atom stereocenters. The van der Waals surface area contributed by atoms with Crippen LogP contribution in [0.2, 0.25) is 0 Å². The molecule has 2 N–H and O–H groups in total. The van der Waals surface area contributed by atoms with E-state index in [1.165, 1.54) is 26.7 Å². The molecule has 12 heteroatoms. The molecule has 0 amide bonds. The van der Waals surface area contributed by atoms with E-state index in [4.69, 9.17) is 18.9 Å². The number of carbonyl (C=O) groups excluding carboxylic acids is 3. The van der Waals surface area contributed by atoms with Crippen molar-refractivity contribution in [2.45, 2.75) is 87.6 Å². The van der Waals surface area contributed by atoms with Gasteiger partial charge in [0.1, 0.15) is 11.2 Å². The quantitative estimate of drug-likeness (QED) is 0.196. The second-order valence-electron chi connectivity index (χ2n) is 17.2. The number of esters is 3. The monoisotopic (exact) mass is 778 g/mol. The topological polar surface area (TPSA) is 134 Å². The summed E-state index contributed by atoms with van der Waals surface area (Å²) in [4.78, 5) is 53.1. The van der Waals surface area contributed by atoms with Crippen molar-refractivity contribution >= 4 is 34.5 Å². The lowest BCUT2D eigenvalue weighted by atomic mass is 9.47. The van der Waals surface area contributed by atoms with Crippen LogP contribution in [0.1, 0.15) is 68.8 Å². The third-order valence-corrected chi connectivity index (χ3v) is 14.8. The molecule has 57 heavy (non-hydrogen) atoms. The molecule has 2 bridgehead atoms. The number of methoxy groups -OCH3 is 3. The predicted molar refractivity (Wildman–Crippen MR) is 214 cm³/mol. The van der Waals surface area contributed by atoms with Gasteiger partial charge >= 0.3 is 17.9 Å². The Hall–Kier alpha value is -4.65. The first kappa shape index (κ1) is 37.9. The first-order valence-electron chi connectivity index (χ1n) is 20.3. The molecule has 9 rings (SSSR count). The average Bonchev–Trinajstić information content (AvgIpc) is 3.87. The molecule has 1 aliphatic carbocycles. The zero-order valence-electron chi connectivity index (χ0n) is 34.0. The molecule has 1 saturated heterocycles. The molecule has 0 radical (unpaired) electrons. The summed E-state index contributed by atoms with van der Waals surface area (Å²) in [6.45, 7) is 9.19. The molecule has 1 aromatic heterocycles. The van der Waals surface area contributed by atoms with E-state index in [2.05, 4.69) is 58.1 Å². The van der Waals surface area contributed by atoms with Gasteiger partial charge in [0.2, 0.25) is 5.60 Å². The van der Waals surface area contributed by atoms with Gasteiger partial charge in [0.05, 0.1) is 27.4 Å². The molecule has 302 valence electrons. The minimum Gasteiger partial charge on any atom is -0.496 e. The zero-order chi connectivity index (χ0) is 40.2. The van der Waals surface area contributed by atoms with Crippen LogP contribution in [0.15, 0.2) is 60.2 Å². The van der Waals surface area contributed by atoms with Crippen molar-refractivity contribution in [3.8, 4) is 5.75 Å². The van der Waals surface area contributed by atoms with Gasteiger partial charge in [-0.25, -0.2) is 4.79 Å². The summed E-state index contributed by atoms with van der Waals surface area (Å²) in [6, 6.07) is 11.2. The summed E-state index contributed by atoms with van der Waals surface area (Å²) >= 11 is 0. The number of aliphatic hydroxyl groups is 1. The number of anilines is 1. The molecule has 1 spiro atoms. The summed E-state index contributed by atoms with van der Waals surface area (Å²) < 4.78 is 23.9. The second kappa shape index (κ2) is 13.2. The Morgan fingerprint density at radius 3 is 2.47 bits per heavy atom. The van der Waals surface area contributed by atoms with Crippen LogP contribution in [0.25, 0.3) is 10.9 Å². The van der Waals surface area contributed by atoms with E-state index in [0.717, 1.165) is 52.9 Å². The standard InChI is InChI=1S/C45H54N4O8/c1-8-27-19-28-22-44(40(51)55-6,36-30(25-48(23-27)24-28)29-13-10-11-14-33(29)46-36)32-20-31-34(21-35(32)54-5)47(4)38-43(31)16-18-49-17-12-15-42(9-2,37(43)49)39(57-26(3)50)45(38,53)41(52)56-7/h10-15,19-21,28,37-39,46,53H,8-9,16-18,22-25H2,1-7H3/t28?,37-,38+,39+,42+,43?,44-,45?/m0/s1. The summed E-state index contributed by atoms with van der Waals surface area (Å²) in [7, 11) is 6.22. The highest BCUT2D eigenvalue weighted by Crippen LogP contribution is 2.68. The maximum absolute atomic E-state index is 15.2. The average molecular weight is 779 g/mol. The molecule has 6 aliphatic rings. The first-order chi connectivity index (χ1) is 27.4. The number of carbonyl (C=O) groups is 3. The predicted octanol–water partition coefficient (Wildman–Crippen LogP) is 4.75. The second-order valence-corrected chi connectivity index (χ2v) is 17.2. The van der Waals surface area contributed by atoms with Crippen LogP contribution in [0, 0.1) is 11.3 Å². The molecule has 12 nitrogen and oxygen atoms in total. The van der Waals surface area contributed by atoms with Crippen LogP contribution in [0.5, 0.6) is 5.75 Å². The van der Waals surface area contributed by atoms with E-state index in [9.17, 15) is 14.7 Å². The number of nitrogens with zero attached hydrogens (tertiary/aromatic N) is 3. The van der Waals surface area contributed by atoms with Crippen LogP contribution in [0.4, 0.5) is 5.69 Å². The Morgan fingerprint density at radius 2 is 1.77 bits per heavy atom. The number of aromatic nitrogens is 1. The number of hydrogen-bond donors (Lipinski definition) is 2. The number of nitrogens with one attached hydrogen (secondary N) is 1. The van der Waals surface area contributed by atoms with Gasteiger partial charge < -0.3 is 33.9 Å². The lowest BCUT2D eigenvalue weighted by Gasteiger charge is -2.63. The van der Waals surface area contributed by atoms with Crippen molar-refractivity contribution in [2.75, 3.05) is 59.5 Å². The van der Waals surface area contributed by atoms with Gasteiger partial charge in [-0.15, -0.1) is 0 Å². The third-order valence-electron chi connectivity index (χ3n) is 14.8. The SMILES string of the molecule is CCC1=CC2CN(C1)Cc1c([nH]c3ccccc13)[C@@](C(=O)OC)(c1cc3c(cc1OC)N(C)[C@H]1C(O)(C(=O)OC)[C@H](OC(C)=O)[C@]4(CC)C=CCN5CCC31[C@@H]54)C2. The summed E-state index contributed by atoms with van der Waals surface area (Å²) in [5.41, 5.74) is 1.05. The number of hydrogen-bond acceptors (Lipinski definition) is 11. The van der Waals surface area contributed by atoms with Gasteiger partial charge in [0.25, 0.3) is 0 Å². The molecule has 2 fully saturated rings. The number of para-hydroxylation sites is 1. The van der Waals surface area contributed by atoms with Gasteiger partial charge in [-0.3, -0.25) is 19.4 Å². The van der Waals surface area contributed by atoms with Gasteiger partial charge in [-0.2, -0.15) is 0 Å². The molecule has 6 heterocycles. The molecular weight excluding hydrogens is 725 g/mol. The van der Waals surface area contributed by atoms with Crippen molar-refractivity contribution < 1.29 is 38.4 Å². The molecule has 5 aliphatic heterocycles. The van der Waals surface area contributed by atoms with Gasteiger partial charge in [0.15, 0.2) is 6.10 Å².